The summed E-state index contributed by atoms with van der Waals surface area (Å²) in [5.74, 6) is 0.512. The van der Waals surface area contributed by atoms with Gasteiger partial charge in [-0.05, 0) is 68.0 Å². The molecule has 1 aliphatic heterocycles. The first-order chi connectivity index (χ1) is 11.4. The minimum atomic E-state index is 0.0659. The SMILES string of the molecule is Cc1cc2c(cc1C(=O)C=Cc1ccccc1)C(C)CC(C)(C)N2. The zero-order valence-electron chi connectivity index (χ0n) is 14.9. The van der Waals surface area contributed by atoms with Crippen molar-refractivity contribution in [1.29, 1.82) is 0 Å². The largest absolute Gasteiger partial charge is 0.380 e. The van der Waals surface area contributed by atoms with Gasteiger partial charge in [0.1, 0.15) is 0 Å². The highest BCUT2D eigenvalue weighted by molar-refractivity contribution is 6.08. The first-order valence-electron chi connectivity index (χ1n) is 8.56. The third-order valence-corrected chi connectivity index (χ3v) is 4.71. The second kappa shape index (κ2) is 6.27. The molecule has 2 aromatic rings. The van der Waals surface area contributed by atoms with E-state index in [0.29, 0.717) is 5.92 Å². The topological polar surface area (TPSA) is 29.1 Å². The molecule has 0 saturated carbocycles. The molecule has 2 heteroatoms. The molecule has 2 aromatic carbocycles. The molecule has 0 amide bonds. The van der Waals surface area contributed by atoms with Crippen molar-refractivity contribution < 1.29 is 4.79 Å². The van der Waals surface area contributed by atoms with Crippen LogP contribution < -0.4 is 5.32 Å². The molecule has 1 unspecified atom stereocenters. The first-order valence-corrected chi connectivity index (χ1v) is 8.56. The third kappa shape index (κ3) is 3.43. The van der Waals surface area contributed by atoms with Crippen LogP contribution in [0.25, 0.3) is 6.08 Å². The molecule has 0 bridgehead atoms. The van der Waals surface area contributed by atoms with E-state index in [1.54, 1.807) is 6.08 Å². The van der Waals surface area contributed by atoms with Gasteiger partial charge in [0.25, 0.3) is 0 Å². The summed E-state index contributed by atoms with van der Waals surface area (Å²) in [5.41, 5.74) is 5.37. The minimum absolute atomic E-state index is 0.0659. The van der Waals surface area contributed by atoms with E-state index in [1.165, 1.54) is 11.3 Å². The number of allylic oxidation sites excluding steroid dienone is 1. The van der Waals surface area contributed by atoms with Gasteiger partial charge in [-0.3, -0.25) is 4.79 Å². The molecule has 3 rings (SSSR count). The van der Waals surface area contributed by atoms with Crippen molar-refractivity contribution in [2.75, 3.05) is 5.32 Å². The summed E-state index contributed by atoms with van der Waals surface area (Å²) in [6.07, 6.45) is 4.62. The Hall–Kier alpha value is -2.35. The van der Waals surface area contributed by atoms with E-state index < -0.39 is 0 Å². The molecule has 0 saturated heterocycles. The molecule has 0 aromatic heterocycles. The molecular formula is C22H25NO. The van der Waals surface area contributed by atoms with E-state index in [2.05, 4.69) is 38.2 Å². The van der Waals surface area contributed by atoms with E-state index in [4.69, 9.17) is 0 Å². The Morgan fingerprint density at radius 1 is 1.21 bits per heavy atom. The highest BCUT2D eigenvalue weighted by Crippen LogP contribution is 2.39. The number of nitrogens with one attached hydrogen (secondary N) is 1. The molecule has 2 nitrogen and oxygen atoms in total. The van der Waals surface area contributed by atoms with Crippen molar-refractivity contribution in [3.05, 3.63) is 70.8 Å². The number of fused-ring (bicyclic) bond motifs is 1. The molecule has 1 aliphatic rings. The molecule has 1 atom stereocenters. The predicted molar refractivity (Wildman–Crippen MR) is 102 cm³/mol. The van der Waals surface area contributed by atoms with Crippen LogP contribution in [0, 0.1) is 6.92 Å². The Kier molecular flexibility index (Phi) is 4.31. The maximum absolute atomic E-state index is 12.7. The van der Waals surface area contributed by atoms with Crippen molar-refractivity contribution in [3.8, 4) is 0 Å². The van der Waals surface area contributed by atoms with Crippen molar-refractivity contribution >= 4 is 17.5 Å². The number of carbonyl (C=O) groups excluding carboxylic acids is 1. The third-order valence-electron chi connectivity index (χ3n) is 4.71. The van der Waals surface area contributed by atoms with Gasteiger partial charge in [-0.2, -0.15) is 0 Å². The molecule has 0 radical (unpaired) electrons. The Labute approximate surface area is 144 Å². The minimum Gasteiger partial charge on any atom is -0.380 e. The number of ketones is 1. The normalized spacial score (nSPS) is 18.9. The zero-order chi connectivity index (χ0) is 17.3. The van der Waals surface area contributed by atoms with Gasteiger partial charge in [0.2, 0.25) is 0 Å². The second-order valence-electron chi connectivity index (χ2n) is 7.48. The number of carbonyl (C=O) groups is 1. The molecule has 0 spiro atoms. The van der Waals surface area contributed by atoms with Gasteiger partial charge in [0.05, 0.1) is 0 Å². The van der Waals surface area contributed by atoms with Crippen molar-refractivity contribution in [1.82, 2.24) is 0 Å². The monoisotopic (exact) mass is 319 g/mol. The number of benzene rings is 2. The van der Waals surface area contributed by atoms with Gasteiger partial charge in [-0.15, -0.1) is 0 Å². The van der Waals surface area contributed by atoms with Gasteiger partial charge < -0.3 is 5.32 Å². The highest BCUT2D eigenvalue weighted by Gasteiger charge is 2.30. The number of hydrogen-bond donors (Lipinski definition) is 1. The molecule has 1 heterocycles. The van der Waals surface area contributed by atoms with Crippen LogP contribution in [0.15, 0.2) is 48.5 Å². The number of anilines is 1. The van der Waals surface area contributed by atoms with Crippen molar-refractivity contribution in [2.45, 2.75) is 45.6 Å². The molecular weight excluding hydrogens is 294 g/mol. The first kappa shape index (κ1) is 16.5. The lowest BCUT2D eigenvalue weighted by Gasteiger charge is -2.38. The van der Waals surface area contributed by atoms with Gasteiger partial charge in [0, 0.05) is 16.8 Å². The summed E-state index contributed by atoms with van der Waals surface area (Å²) in [6.45, 7) is 8.70. The van der Waals surface area contributed by atoms with Crippen molar-refractivity contribution in [3.63, 3.8) is 0 Å². The van der Waals surface area contributed by atoms with E-state index in [-0.39, 0.29) is 11.3 Å². The Balaban J connectivity index is 1.91. The van der Waals surface area contributed by atoms with Crippen LogP contribution >= 0.6 is 0 Å². The Morgan fingerprint density at radius 2 is 1.92 bits per heavy atom. The summed E-state index contributed by atoms with van der Waals surface area (Å²) < 4.78 is 0. The molecule has 0 fully saturated rings. The van der Waals surface area contributed by atoms with Gasteiger partial charge in [-0.25, -0.2) is 0 Å². The van der Waals surface area contributed by atoms with Crippen LogP contribution in [-0.4, -0.2) is 11.3 Å². The van der Waals surface area contributed by atoms with Crippen LogP contribution in [0.3, 0.4) is 0 Å². The van der Waals surface area contributed by atoms with E-state index >= 15 is 0 Å². The van der Waals surface area contributed by atoms with E-state index in [9.17, 15) is 4.79 Å². The summed E-state index contributed by atoms with van der Waals surface area (Å²) in [6, 6.07) is 14.1. The smallest absolute Gasteiger partial charge is 0.186 e. The molecule has 24 heavy (non-hydrogen) atoms. The Bertz CT molecular complexity index is 787. The van der Waals surface area contributed by atoms with Crippen LogP contribution in [0.2, 0.25) is 0 Å². The summed E-state index contributed by atoms with van der Waals surface area (Å²) in [4.78, 5) is 12.7. The highest BCUT2D eigenvalue weighted by atomic mass is 16.1. The average Bonchev–Trinajstić information content (AvgIpc) is 2.52. The molecule has 124 valence electrons. The quantitative estimate of drug-likeness (QED) is 0.590. The van der Waals surface area contributed by atoms with Gasteiger partial charge >= 0.3 is 0 Å². The fraction of sp³-hybridized carbons (Fsp3) is 0.318. The summed E-state index contributed by atoms with van der Waals surface area (Å²) in [7, 11) is 0. The van der Waals surface area contributed by atoms with Gasteiger partial charge in [0.15, 0.2) is 5.78 Å². The second-order valence-corrected chi connectivity index (χ2v) is 7.48. The predicted octanol–water partition coefficient (Wildman–Crippen LogP) is 5.59. The van der Waals surface area contributed by atoms with Crippen molar-refractivity contribution in [2.24, 2.45) is 0 Å². The Morgan fingerprint density at radius 3 is 2.62 bits per heavy atom. The van der Waals surface area contributed by atoms with E-state index in [1.807, 2.05) is 43.3 Å². The fourth-order valence-electron chi connectivity index (χ4n) is 3.62. The van der Waals surface area contributed by atoms with Crippen LogP contribution in [0.5, 0.6) is 0 Å². The maximum Gasteiger partial charge on any atom is 0.186 e. The zero-order valence-corrected chi connectivity index (χ0v) is 14.9. The molecule has 0 aliphatic carbocycles. The standard InChI is InChI=1S/C22H25NO/c1-15-12-20-18(16(2)14-22(3,4)23-20)13-19(15)21(24)11-10-17-8-6-5-7-9-17/h5-13,16,23H,14H2,1-4H3. The van der Waals surface area contributed by atoms with E-state index in [0.717, 1.165) is 23.1 Å². The number of aryl methyl sites for hydroxylation is 1. The summed E-state index contributed by atoms with van der Waals surface area (Å²) in [5, 5.41) is 3.60. The maximum atomic E-state index is 12.7. The number of rotatable bonds is 3. The lowest BCUT2D eigenvalue weighted by molar-refractivity contribution is 0.104. The average molecular weight is 319 g/mol. The lowest BCUT2D eigenvalue weighted by Crippen LogP contribution is -2.36. The fourth-order valence-corrected chi connectivity index (χ4v) is 3.62. The molecule has 1 N–H and O–H groups in total. The van der Waals surface area contributed by atoms with Crippen LogP contribution in [0.1, 0.15) is 60.2 Å². The van der Waals surface area contributed by atoms with Crippen LogP contribution in [-0.2, 0) is 0 Å². The van der Waals surface area contributed by atoms with Gasteiger partial charge in [-0.1, -0.05) is 43.3 Å². The lowest BCUT2D eigenvalue weighted by atomic mass is 9.80. The summed E-state index contributed by atoms with van der Waals surface area (Å²) >= 11 is 0. The number of hydrogen-bond acceptors (Lipinski definition) is 2. The van der Waals surface area contributed by atoms with Crippen LogP contribution in [0.4, 0.5) is 5.69 Å².